The van der Waals surface area contributed by atoms with E-state index < -0.39 is 16.1 Å². The van der Waals surface area contributed by atoms with Gasteiger partial charge < -0.3 is 15.0 Å². The molecule has 0 saturated heterocycles. The van der Waals surface area contributed by atoms with Gasteiger partial charge in [-0.05, 0) is 62.6 Å². The van der Waals surface area contributed by atoms with Gasteiger partial charge in [0.25, 0.3) is 0 Å². The fourth-order valence-electron chi connectivity index (χ4n) is 3.64. The predicted octanol–water partition coefficient (Wildman–Crippen LogP) is 4.88. The van der Waals surface area contributed by atoms with Crippen LogP contribution < -0.4 is 14.4 Å². The third-order valence-electron chi connectivity index (χ3n) is 6.01. The second kappa shape index (κ2) is 13.9. The Morgan fingerprint density at radius 1 is 1.08 bits per heavy atom. The van der Waals surface area contributed by atoms with Gasteiger partial charge in [0.2, 0.25) is 21.8 Å². The Labute approximate surface area is 229 Å². The van der Waals surface area contributed by atoms with Crippen LogP contribution in [0, 0.1) is 0 Å². The van der Waals surface area contributed by atoms with Gasteiger partial charge >= 0.3 is 0 Å². The highest BCUT2D eigenvalue weighted by Gasteiger charge is 2.27. The highest BCUT2D eigenvalue weighted by atomic mass is 35.5. The number of hydrogen-bond acceptors (Lipinski definition) is 5. The molecule has 0 aliphatic carbocycles. The van der Waals surface area contributed by atoms with Crippen molar-refractivity contribution in [2.24, 2.45) is 0 Å². The van der Waals surface area contributed by atoms with Crippen LogP contribution in [0.5, 0.6) is 5.75 Å². The first kappa shape index (κ1) is 30.7. The summed E-state index contributed by atoms with van der Waals surface area (Å²) < 4.78 is 31.3. The molecule has 0 aliphatic rings. The maximum atomic E-state index is 13.4. The average molecular weight is 573 g/mol. The Kier molecular flexibility index (Phi) is 11.5. The maximum Gasteiger partial charge on any atom is 0.242 e. The summed E-state index contributed by atoms with van der Waals surface area (Å²) in [4.78, 5) is 27.8. The number of rotatable bonds is 13. The molecule has 204 valence electrons. The van der Waals surface area contributed by atoms with Crippen LogP contribution >= 0.6 is 23.2 Å². The number of carbonyl (C=O) groups excluding carboxylic acids is 2. The minimum Gasteiger partial charge on any atom is -0.497 e. The molecular formula is C26H35Cl2N3O5S. The Morgan fingerprint density at radius 2 is 1.73 bits per heavy atom. The number of amides is 2. The van der Waals surface area contributed by atoms with Gasteiger partial charge in [-0.25, -0.2) is 8.42 Å². The van der Waals surface area contributed by atoms with Crippen molar-refractivity contribution < 1.29 is 22.7 Å². The second-order valence-corrected chi connectivity index (χ2v) is 11.6. The molecule has 2 atom stereocenters. The first-order chi connectivity index (χ1) is 17.4. The molecule has 0 heterocycles. The van der Waals surface area contributed by atoms with Gasteiger partial charge in [-0.15, -0.1) is 0 Å². The summed E-state index contributed by atoms with van der Waals surface area (Å²) in [7, 11) is -2.12. The Hall–Kier alpha value is -2.49. The van der Waals surface area contributed by atoms with E-state index in [1.807, 2.05) is 26.0 Å². The molecule has 1 N–H and O–H groups in total. The highest BCUT2D eigenvalue weighted by Crippen LogP contribution is 2.31. The molecular weight excluding hydrogens is 537 g/mol. The van der Waals surface area contributed by atoms with Crippen molar-refractivity contribution in [3.63, 3.8) is 0 Å². The number of sulfonamides is 1. The van der Waals surface area contributed by atoms with E-state index >= 15 is 0 Å². The minimum atomic E-state index is -3.69. The molecule has 0 aliphatic heterocycles. The zero-order chi connectivity index (χ0) is 27.8. The average Bonchev–Trinajstić information content (AvgIpc) is 2.85. The summed E-state index contributed by atoms with van der Waals surface area (Å²) in [5.41, 5.74) is 1.08. The van der Waals surface area contributed by atoms with E-state index in [1.165, 1.54) is 17.0 Å². The van der Waals surface area contributed by atoms with Gasteiger partial charge in [-0.3, -0.25) is 13.9 Å². The normalized spacial score (nSPS) is 12.9. The van der Waals surface area contributed by atoms with Gasteiger partial charge in [0.05, 0.1) is 24.1 Å². The van der Waals surface area contributed by atoms with E-state index in [0.717, 1.165) is 22.5 Å². The molecule has 0 bridgehead atoms. The van der Waals surface area contributed by atoms with Gasteiger partial charge in [-0.2, -0.15) is 0 Å². The topological polar surface area (TPSA) is 96.0 Å². The Morgan fingerprint density at radius 3 is 2.30 bits per heavy atom. The van der Waals surface area contributed by atoms with Crippen LogP contribution in [0.1, 0.15) is 45.6 Å². The summed E-state index contributed by atoms with van der Waals surface area (Å²) in [6.45, 7) is 5.80. The molecule has 8 nitrogen and oxygen atoms in total. The van der Waals surface area contributed by atoms with Crippen LogP contribution in [0.4, 0.5) is 5.69 Å². The van der Waals surface area contributed by atoms with E-state index in [-0.39, 0.29) is 54.5 Å². The van der Waals surface area contributed by atoms with Gasteiger partial charge in [0.1, 0.15) is 11.8 Å². The molecule has 2 amide bonds. The first-order valence-electron chi connectivity index (χ1n) is 12.0. The number of hydrogen-bond donors (Lipinski definition) is 1. The summed E-state index contributed by atoms with van der Waals surface area (Å²) in [5.74, 6) is 0.165. The van der Waals surface area contributed by atoms with E-state index in [4.69, 9.17) is 27.9 Å². The quantitative estimate of drug-likeness (QED) is 0.369. The number of methoxy groups -OCH3 is 1. The molecule has 11 heteroatoms. The maximum absolute atomic E-state index is 13.4. The van der Waals surface area contributed by atoms with Gasteiger partial charge in [0.15, 0.2) is 0 Å². The molecule has 0 radical (unpaired) electrons. The second-order valence-electron chi connectivity index (χ2n) is 8.90. The van der Waals surface area contributed by atoms with E-state index in [1.54, 1.807) is 32.2 Å². The van der Waals surface area contributed by atoms with Crippen molar-refractivity contribution in [1.29, 1.82) is 0 Å². The summed E-state index contributed by atoms with van der Waals surface area (Å²) in [5, 5.41) is 3.51. The third-order valence-corrected chi connectivity index (χ3v) is 7.74. The Balaban J connectivity index is 2.21. The molecule has 2 aromatic carbocycles. The molecule has 0 spiro atoms. The smallest absolute Gasteiger partial charge is 0.242 e. The SMILES string of the molecule is CCC(C)NC(=O)C(C)N(Cc1ccc(OC)cc1)C(=O)CCCN(c1cc(Cl)ccc1Cl)S(C)(=O)=O. The highest BCUT2D eigenvalue weighted by molar-refractivity contribution is 7.92. The van der Waals surface area contributed by atoms with Crippen molar-refractivity contribution in [2.45, 2.75) is 58.7 Å². The fourth-order valence-corrected chi connectivity index (χ4v) is 5.04. The lowest BCUT2D eigenvalue weighted by molar-refractivity contribution is -0.140. The third kappa shape index (κ3) is 9.09. The molecule has 2 unspecified atom stereocenters. The van der Waals surface area contributed by atoms with E-state index in [9.17, 15) is 18.0 Å². The molecule has 2 rings (SSSR count). The molecule has 0 aromatic heterocycles. The number of anilines is 1. The molecule has 2 aromatic rings. The van der Waals surface area contributed by atoms with Gasteiger partial charge in [-0.1, -0.05) is 42.3 Å². The van der Waals surface area contributed by atoms with E-state index in [2.05, 4.69) is 5.32 Å². The zero-order valence-electron chi connectivity index (χ0n) is 21.8. The number of benzene rings is 2. The van der Waals surface area contributed by atoms with Crippen molar-refractivity contribution >= 4 is 50.7 Å². The van der Waals surface area contributed by atoms with Crippen LogP contribution in [0.25, 0.3) is 0 Å². The number of nitrogens with one attached hydrogen (secondary N) is 1. The van der Waals surface area contributed by atoms with Crippen LogP contribution in [0.15, 0.2) is 42.5 Å². The number of carbonyl (C=O) groups is 2. The zero-order valence-corrected chi connectivity index (χ0v) is 24.2. The lowest BCUT2D eigenvalue weighted by Gasteiger charge is -2.30. The summed E-state index contributed by atoms with van der Waals surface area (Å²) >= 11 is 12.3. The predicted molar refractivity (Wildman–Crippen MR) is 149 cm³/mol. The minimum absolute atomic E-state index is 0.0223. The Bertz CT molecular complexity index is 1180. The number of nitrogens with zero attached hydrogens (tertiary/aromatic N) is 2. The summed E-state index contributed by atoms with van der Waals surface area (Å²) in [6, 6.07) is 11.1. The van der Waals surface area contributed by atoms with Crippen molar-refractivity contribution in [3.8, 4) is 5.75 Å². The molecule has 0 fully saturated rings. The van der Waals surface area contributed by atoms with Crippen molar-refractivity contribution in [3.05, 3.63) is 58.1 Å². The number of ether oxygens (including phenoxy) is 1. The lowest BCUT2D eigenvalue weighted by Crippen LogP contribution is -2.49. The largest absolute Gasteiger partial charge is 0.497 e. The van der Waals surface area contributed by atoms with Crippen molar-refractivity contribution in [1.82, 2.24) is 10.2 Å². The first-order valence-corrected chi connectivity index (χ1v) is 14.6. The van der Waals surface area contributed by atoms with Gasteiger partial charge in [0, 0.05) is 30.6 Å². The summed E-state index contributed by atoms with van der Waals surface area (Å²) in [6.07, 6.45) is 2.08. The van der Waals surface area contributed by atoms with Crippen LogP contribution in [0.2, 0.25) is 10.0 Å². The standard InChI is InChI=1S/C26H35Cl2N3O5S/c1-6-18(2)29-26(33)19(3)30(17-20-9-12-22(36-4)13-10-20)25(32)8-7-15-31(37(5,34)35)24-16-21(27)11-14-23(24)28/h9-14,16,18-19H,6-8,15,17H2,1-5H3,(H,29,33). The van der Waals surface area contributed by atoms with Crippen LogP contribution in [-0.2, 0) is 26.2 Å². The molecule has 37 heavy (non-hydrogen) atoms. The van der Waals surface area contributed by atoms with E-state index in [0.29, 0.717) is 10.8 Å². The fraction of sp³-hybridized carbons (Fsp3) is 0.462. The van der Waals surface area contributed by atoms with Crippen LogP contribution in [0.3, 0.4) is 0 Å². The monoisotopic (exact) mass is 571 g/mol. The van der Waals surface area contributed by atoms with Crippen LogP contribution in [-0.4, -0.2) is 57.1 Å². The number of halogens is 2. The molecule has 0 saturated carbocycles. The van der Waals surface area contributed by atoms with Crippen molar-refractivity contribution in [2.75, 3.05) is 24.2 Å². The lowest BCUT2D eigenvalue weighted by atomic mass is 10.1.